The Balaban J connectivity index is 1.66. The smallest absolute Gasteiger partial charge is 0.341 e. The first-order valence-corrected chi connectivity index (χ1v) is 11.0. The summed E-state index contributed by atoms with van der Waals surface area (Å²) in [7, 11) is 0. The van der Waals surface area contributed by atoms with Crippen LogP contribution in [0, 0.1) is 5.92 Å². The highest BCUT2D eigenvalue weighted by atomic mass is 35.5. The van der Waals surface area contributed by atoms with Gasteiger partial charge in [0.25, 0.3) is 0 Å². The van der Waals surface area contributed by atoms with Crippen LogP contribution < -0.4 is 5.32 Å². The number of rotatable bonds is 7. The fourth-order valence-electron chi connectivity index (χ4n) is 3.55. The van der Waals surface area contributed by atoms with Crippen molar-refractivity contribution in [1.82, 2.24) is 0 Å². The molecule has 0 saturated carbocycles. The number of hydrogen-bond acceptors (Lipinski definition) is 4. The molecule has 1 aliphatic rings. The average molecular weight is 420 g/mol. The van der Waals surface area contributed by atoms with Crippen LogP contribution in [0.4, 0.5) is 5.00 Å². The second-order valence-corrected chi connectivity index (χ2v) is 8.85. The number of aryl methyl sites for hydroxylation is 1. The predicted octanol–water partition coefficient (Wildman–Crippen LogP) is 5.66. The molecule has 1 N–H and O–H groups in total. The summed E-state index contributed by atoms with van der Waals surface area (Å²) in [5.74, 6) is 0.210. The Morgan fingerprint density at radius 2 is 2.04 bits per heavy atom. The Bertz CT molecular complexity index is 844. The summed E-state index contributed by atoms with van der Waals surface area (Å²) in [6.07, 6.45) is 4.85. The summed E-state index contributed by atoms with van der Waals surface area (Å²) >= 11 is 7.43. The molecule has 1 aromatic heterocycles. The Morgan fingerprint density at radius 1 is 1.29 bits per heavy atom. The number of nitrogens with one attached hydrogen (secondary N) is 1. The minimum atomic E-state index is -0.328. The van der Waals surface area contributed by atoms with Gasteiger partial charge in [-0.2, -0.15) is 0 Å². The maximum atomic E-state index is 12.5. The van der Waals surface area contributed by atoms with Crippen LogP contribution in [-0.2, 0) is 28.8 Å². The van der Waals surface area contributed by atoms with Gasteiger partial charge in [-0.25, -0.2) is 4.79 Å². The number of thiophene rings is 1. The summed E-state index contributed by atoms with van der Waals surface area (Å²) in [5.41, 5.74) is 2.79. The lowest BCUT2D eigenvalue weighted by molar-refractivity contribution is -0.116. The number of anilines is 1. The number of benzene rings is 1. The first-order chi connectivity index (χ1) is 13.5. The lowest BCUT2D eigenvalue weighted by Gasteiger charge is -2.18. The van der Waals surface area contributed by atoms with E-state index in [0.717, 1.165) is 43.2 Å². The van der Waals surface area contributed by atoms with E-state index in [0.29, 0.717) is 34.5 Å². The van der Waals surface area contributed by atoms with E-state index >= 15 is 0 Å². The fraction of sp³-hybridized carbons (Fsp3) is 0.455. The molecule has 4 nitrogen and oxygen atoms in total. The second-order valence-electron chi connectivity index (χ2n) is 7.30. The van der Waals surface area contributed by atoms with E-state index in [1.165, 1.54) is 16.2 Å². The Hall–Kier alpha value is -1.85. The zero-order valence-electron chi connectivity index (χ0n) is 16.3. The highest BCUT2D eigenvalue weighted by molar-refractivity contribution is 7.17. The van der Waals surface area contributed by atoms with Crippen molar-refractivity contribution < 1.29 is 14.3 Å². The van der Waals surface area contributed by atoms with Crippen molar-refractivity contribution in [2.75, 3.05) is 11.9 Å². The van der Waals surface area contributed by atoms with Crippen molar-refractivity contribution in [3.8, 4) is 0 Å². The van der Waals surface area contributed by atoms with Gasteiger partial charge in [-0.3, -0.25) is 4.79 Å². The van der Waals surface area contributed by atoms with Crippen LogP contribution in [-0.4, -0.2) is 18.5 Å². The molecule has 0 fully saturated rings. The lowest BCUT2D eigenvalue weighted by Crippen LogP contribution is -2.16. The third kappa shape index (κ3) is 5.15. The molecule has 0 spiro atoms. The Kier molecular flexibility index (Phi) is 7.13. The van der Waals surface area contributed by atoms with Crippen molar-refractivity contribution in [3.05, 3.63) is 50.9 Å². The average Bonchev–Trinajstić information content (AvgIpc) is 3.00. The van der Waals surface area contributed by atoms with E-state index in [2.05, 4.69) is 12.2 Å². The van der Waals surface area contributed by atoms with Gasteiger partial charge in [0.2, 0.25) is 5.91 Å². The summed E-state index contributed by atoms with van der Waals surface area (Å²) < 4.78 is 5.26. The van der Waals surface area contributed by atoms with Crippen LogP contribution >= 0.6 is 22.9 Å². The molecule has 1 atom stereocenters. The summed E-state index contributed by atoms with van der Waals surface area (Å²) in [4.78, 5) is 26.2. The minimum Gasteiger partial charge on any atom is -0.462 e. The van der Waals surface area contributed by atoms with E-state index in [1.807, 2.05) is 24.3 Å². The van der Waals surface area contributed by atoms with Crippen molar-refractivity contribution >= 4 is 39.8 Å². The molecular weight excluding hydrogens is 394 g/mol. The predicted molar refractivity (Wildman–Crippen MR) is 114 cm³/mol. The number of halogens is 1. The van der Waals surface area contributed by atoms with Gasteiger partial charge >= 0.3 is 5.97 Å². The van der Waals surface area contributed by atoms with Crippen molar-refractivity contribution in [2.24, 2.45) is 5.92 Å². The zero-order valence-corrected chi connectivity index (χ0v) is 17.9. The molecule has 1 aliphatic carbocycles. The highest BCUT2D eigenvalue weighted by Gasteiger charge is 2.29. The quantitative estimate of drug-likeness (QED) is 0.588. The Morgan fingerprint density at radius 3 is 2.75 bits per heavy atom. The van der Waals surface area contributed by atoms with Crippen LogP contribution in [0.25, 0.3) is 0 Å². The molecule has 28 heavy (non-hydrogen) atoms. The molecule has 150 valence electrons. The minimum absolute atomic E-state index is 0.0637. The molecular formula is C22H26ClNO3S. The molecule has 0 radical (unpaired) electrons. The van der Waals surface area contributed by atoms with Crippen LogP contribution in [0.2, 0.25) is 5.02 Å². The molecule has 1 unspecified atom stereocenters. The van der Waals surface area contributed by atoms with E-state index in [4.69, 9.17) is 16.3 Å². The lowest BCUT2D eigenvalue weighted by atomic mass is 9.88. The maximum absolute atomic E-state index is 12.5. The fourth-order valence-corrected chi connectivity index (χ4v) is 5.09. The first-order valence-electron chi connectivity index (χ1n) is 9.83. The van der Waals surface area contributed by atoms with E-state index in [-0.39, 0.29) is 11.9 Å². The third-order valence-corrected chi connectivity index (χ3v) is 6.45. The molecule has 2 aromatic rings. The molecule has 0 aliphatic heterocycles. The van der Waals surface area contributed by atoms with Crippen LogP contribution in [0.5, 0.6) is 0 Å². The first kappa shape index (κ1) is 20.9. The summed E-state index contributed by atoms with van der Waals surface area (Å²) in [6.45, 7) is 4.35. The maximum Gasteiger partial charge on any atom is 0.341 e. The van der Waals surface area contributed by atoms with Gasteiger partial charge in [0.15, 0.2) is 0 Å². The number of carbonyl (C=O) groups excluding carboxylic acids is 2. The zero-order chi connectivity index (χ0) is 20.1. The van der Waals surface area contributed by atoms with Gasteiger partial charge in [0.05, 0.1) is 12.2 Å². The van der Waals surface area contributed by atoms with Crippen LogP contribution in [0.3, 0.4) is 0 Å². The number of fused-ring (bicyclic) bond motifs is 1. The third-order valence-electron chi connectivity index (χ3n) is 5.03. The van der Waals surface area contributed by atoms with E-state index < -0.39 is 0 Å². The number of carbonyl (C=O) groups is 2. The summed E-state index contributed by atoms with van der Waals surface area (Å²) in [6, 6.07) is 7.68. The summed E-state index contributed by atoms with van der Waals surface area (Å²) in [5, 5.41) is 4.33. The number of esters is 1. The normalized spacial score (nSPS) is 15.8. The second kappa shape index (κ2) is 9.57. The van der Waals surface area contributed by atoms with E-state index in [1.54, 1.807) is 6.92 Å². The highest BCUT2D eigenvalue weighted by Crippen LogP contribution is 2.40. The van der Waals surface area contributed by atoms with Crippen molar-refractivity contribution in [1.29, 1.82) is 0 Å². The van der Waals surface area contributed by atoms with Gasteiger partial charge in [0.1, 0.15) is 5.00 Å². The van der Waals surface area contributed by atoms with Crippen molar-refractivity contribution in [3.63, 3.8) is 0 Å². The van der Waals surface area contributed by atoms with E-state index in [9.17, 15) is 9.59 Å². The van der Waals surface area contributed by atoms with Gasteiger partial charge in [0, 0.05) is 16.3 Å². The number of ether oxygens (including phenoxy) is 1. The largest absolute Gasteiger partial charge is 0.462 e. The van der Waals surface area contributed by atoms with Crippen LogP contribution in [0.15, 0.2) is 24.3 Å². The van der Waals surface area contributed by atoms with Gasteiger partial charge < -0.3 is 10.1 Å². The molecule has 1 aromatic carbocycles. The molecule has 6 heteroatoms. The standard InChI is InChI=1S/C22H26ClNO3S/c1-3-27-22(26)20-17-12-7-14(2)13-18(17)28-21(20)24-19(25)6-4-5-15-8-10-16(23)11-9-15/h8-11,14H,3-7,12-13H2,1-2H3,(H,24,25). The van der Waals surface area contributed by atoms with Crippen LogP contribution in [0.1, 0.15) is 59.5 Å². The monoisotopic (exact) mass is 419 g/mol. The topological polar surface area (TPSA) is 55.4 Å². The number of amides is 1. The molecule has 3 rings (SSSR count). The molecule has 0 bridgehead atoms. The van der Waals surface area contributed by atoms with Crippen molar-refractivity contribution in [2.45, 2.75) is 52.4 Å². The molecule has 0 saturated heterocycles. The van der Waals surface area contributed by atoms with Gasteiger partial charge in [-0.05, 0) is 68.2 Å². The SMILES string of the molecule is CCOC(=O)c1c(NC(=O)CCCc2ccc(Cl)cc2)sc2c1CCC(C)C2. The van der Waals surface area contributed by atoms with Gasteiger partial charge in [-0.1, -0.05) is 30.7 Å². The number of hydrogen-bond donors (Lipinski definition) is 1. The molecule has 1 amide bonds. The van der Waals surface area contributed by atoms with Gasteiger partial charge in [-0.15, -0.1) is 11.3 Å². The molecule has 1 heterocycles. The Labute approximate surface area is 175 Å².